The maximum atomic E-state index is 12.9. The predicted molar refractivity (Wildman–Crippen MR) is 108 cm³/mol. The standard InChI is InChI=1S/C21H29N5O2/c1-25-13-15-26(16-14-25)18-7-5-17(6-8-18)19(27)24-21(9-3-2-4-10-21)20(28)23-12-11-22/h5-8H,2-4,9-10,12-16H2,1H3,(H,23,28)(H,24,27). The Morgan fingerprint density at radius 3 is 2.32 bits per heavy atom. The van der Waals surface area contributed by atoms with Crippen molar-refractivity contribution in [2.75, 3.05) is 44.7 Å². The van der Waals surface area contributed by atoms with E-state index < -0.39 is 5.54 Å². The number of nitrogens with one attached hydrogen (secondary N) is 2. The quantitative estimate of drug-likeness (QED) is 0.753. The summed E-state index contributed by atoms with van der Waals surface area (Å²) in [6.45, 7) is 3.97. The molecule has 0 radical (unpaired) electrons. The van der Waals surface area contributed by atoms with Gasteiger partial charge in [0.15, 0.2) is 0 Å². The van der Waals surface area contributed by atoms with E-state index in [2.05, 4.69) is 27.5 Å². The number of hydrogen-bond acceptors (Lipinski definition) is 5. The minimum atomic E-state index is -0.914. The van der Waals surface area contributed by atoms with Gasteiger partial charge >= 0.3 is 0 Å². The average Bonchev–Trinajstić information content (AvgIpc) is 2.73. The summed E-state index contributed by atoms with van der Waals surface area (Å²) in [5, 5.41) is 14.4. The van der Waals surface area contributed by atoms with E-state index >= 15 is 0 Å². The van der Waals surface area contributed by atoms with Crippen molar-refractivity contribution in [3.8, 4) is 6.07 Å². The number of benzene rings is 1. The lowest BCUT2D eigenvalue weighted by Gasteiger charge is -2.36. The maximum absolute atomic E-state index is 12.9. The number of hydrogen-bond donors (Lipinski definition) is 2. The number of nitriles is 1. The van der Waals surface area contributed by atoms with Gasteiger partial charge in [-0.3, -0.25) is 9.59 Å². The molecule has 1 aromatic rings. The maximum Gasteiger partial charge on any atom is 0.252 e. The third-order valence-corrected chi connectivity index (χ3v) is 5.82. The van der Waals surface area contributed by atoms with Crippen LogP contribution in [0.25, 0.3) is 0 Å². The van der Waals surface area contributed by atoms with Gasteiger partial charge in [0.25, 0.3) is 5.91 Å². The van der Waals surface area contributed by atoms with Gasteiger partial charge in [0.2, 0.25) is 5.91 Å². The number of rotatable bonds is 5. The first kappa shape index (κ1) is 20.2. The Labute approximate surface area is 166 Å². The number of piperazine rings is 1. The Kier molecular flexibility index (Phi) is 6.53. The van der Waals surface area contributed by atoms with Crippen molar-refractivity contribution in [1.82, 2.24) is 15.5 Å². The number of nitrogens with zero attached hydrogens (tertiary/aromatic N) is 3. The second-order valence-corrected chi connectivity index (χ2v) is 7.77. The van der Waals surface area contributed by atoms with Gasteiger partial charge in [-0.1, -0.05) is 19.3 Å². The second-order valence-electron chi connectivity index (χ2n) is 7.77. The number of carbonyl (C=O) groups is 2. The Bertz CT molecular complexity index is 726. The minimum Gasteiger partial charge on any atom is -0.369 e. The minimum absolute atomic E-state index is 0.0455. The molecule has 1 saturated heterocycles. The molecule has 2 N–H and O–H groups in total. The third kappa shape index (κ3) is 4.63. The van der Waals surface area contributed by atoms with Crippen LogP contribution >= 0.6 is 0 Å². The van der Waals surface area contributed by atoms with Gasteiger partial charge in [0, 0.05) is 37.4 Å². The van der Waals surface area contributed by atoms with Crippen LogP contribution in [-0.4, -0.2) is 62.0 Å². The van der Waals surface area contributed by atoms with Crippen LogP contribution in [0, 0.1) is 11.3 Å². The van der Waals surface area contributed by atoms with Gasteiger partial charge in [0.1, 0.15) is 12.1 Å². The van der Waals surface area contributed by atoms with Crippen LogP contribution in [-0.2, 0) is 4.79 Å². The smallest absolute Gasteiger partial charge is 0.252 e. The van der Waals surface area contributed by atoms with Crippen molar-refractivity contribution in [2.24, 2.45) is 0 Å². The molecule has 7 heteroatoms. The monoisotopic (exact) mass is 383 g/mol. The molecule has 0 spiro atoms. The average molecular weight is 383 g/mol. The Hall–Kier alpha value is -2.59. The summed E-state index contributed by atoms with van der Waals surface area (Å²) in [5.41, 5.74) is 0.752. The molecule has 1 heterocycles. The van der Waals surface area contributed by atoms with E-state index in [0.29, 0.717) is 18.4 Å². The normalized spacial score (nSPS) is 19.5. The van der Waals surface area contributed by atoms with E-state index in [4.69, 9.17) is 5.26 Å². The topological polar surface area (TPSA) is 88.5 Å². The summed E-state index contributed by atoms with van der Waals surface area (Å²) in [5.74, 6) is -0.491. The van der Waals surface area contributed by atoms with E-state index in [1.54, 1.807) is 0 Å². The molecule has 1 aliphatic carbocycles. The first-order chi connectivity index (χ1) is 13.5. The highest BCUT2D eigenvalue weighted by molar-refractivity contribution is 5.99. The first-order valence-corrected chi connectivity index (χ1v) is 10.1. The lowest BCUT2D eigenvalue weighted by atomic mass is 9.80. The lowest BCUT2D eigenvalue weighted by Crippen LogP contribution is -2.59. The van der Waals surface area contributed by atoms with Crippen molar-refractivity contribution in [3.63, 3.8) is 0 Å². The summed E-state index contributed by atoms with van der Waals surface area (Å²) in [7, 11) is 2.12. The second kappa shape index (κ2) is 9.07. The molecular weight excluding hydrogens is 354 g/mol. The number of anilines is 1. The number of carbonyl (C=O) groups excluding carboxylic acids is 2. The Morgan fingerprint density at radius 1 is 1.07 bits per heavy atom. The molecule has 1 aromatic carbocycles. The molecule has 0 bridgehead atoms. The molecule has 2 aliphatic rings. The molecule has 2 fully saturated rings. The van der Waals surface area contributed by atoms with E-state index in [1.165, 1.54) is 0 Å². The van der Waals surface area contributed by atoms with E-state index in [0.717, 1.165) is 51.1 Å². The van der Waals surface area contributed by atoms with Crippen molar-refractivity contribution in [1.29, 1.82) is 5.26 Å². The lowest BCUT2D eigenvalue weighted by molar-refractivity contribution is -0.128. The number of amides is 2. The molecule has 2 amide bonds. The van der Waals surface area contributed by atoms with Gasteiger partial charge in [0.05, 0.1) is 6.07 Å². The summed E-state index contributed by atoms with van der Waals surface area (Å²) in [6, 6.07) is 9.53. The van der Waals surface area contributed by atoms with Crippen LogP contribution in [0.4, 0.5) is 5.69 Å². The van der Waals surface area contributed by atoms with Crippen LogP contribution in [0.15, 0.2) is 24.3 Å². The summed E-state index contributed by atoms with van der Waals surface area (Å²) >= 11 is 0. The fraction of sp³-hybridized carbons (Fsp3) is 0.571. The Morgan fingerprint density at radius 2 is 1.71 bits per heavy atom. The number of likely N-dealkylation sites (N-methyl/N-ethyl adjacent to an activating group) is 1. The van der Waals surface area contributed by atoms with Gasteiger partial charge in [-0.05, 0) is 44.2 Å². The third-order valence-electron chi connectivity index (χ3n) is 5.82. The summed E-state index contributed by atoms with van der Waals surface area (Å²) < 4.78 is 0. The van der Waals surface area contributed by atoms with Gasteiger partial charge in [-0.25, -0.2) is 0 Å². The van der Waals surface area contributed by atoms with Gasteiger partial charge in [-0.2, -0.15) is 5.26 Å². The first-order valence-electron chi connectivity index (χ1n) is 10.1. The van der Waals surface area contributed by atoms with Crippen LogP contribution in [0.2, 0.25) is 0 Å². The van der Waals surface area contributed by atoms with Crippen molar-refractivity contribution in [3.05, 3.63) is 29.8 Å². The molecule has 0 aromatic heterocycles. The van der Waals surface area contributed by atoms with Crippen LogP contribution < -0.4 is 15.5 Å². The molecule has 0 atom stereocenters. The molecule has 150 valence electrons. The SMILES string of the molecule is CN1CCN(c2ccc(C(=O)NC3(C(=O)NCC#N)CCCCC3)cc2)CC1. The molecule has 1 aliphatic heterocycles. The van der Waals surface area contributed by atoms with E-state index in [1.807, 2.05) is 30.3 Å². The molecule has 7 nitrogen and oxygen atoms in total. The van der Waals surface area contributed by atoms with E-state index in [9.17, 15) is 9.59 Å². The summed E-state index contributed by atoms with van der Waals surface area (Å²) in [6.07, 6.45) is 4.05. The highest BCUT2D eigenvalue weighted by atomic mass is 16.2. The summed E-state index contributed by atoms with van der Waals surface area (Å²) in [4.78, 5) is 30.1. The molecule has 28 heavy (non-hydrogen) atoms. The van der Waals surface area contributed by atoms with E-state index in [-0.39, 0.29) is 18.4 Å². The largest absolute Gasteiger partial charge is 0.369 e. The van der Waals surface area contributed by atoms with Gasteiger partial charge < -0.3 is 20.4 Å². The van der Waals surface area contributed by atoms with Crippen LogP contribution in [0.1, 0.15) is 42.5 Å². The predicted octanol–water partition coefficient (Wildman–Crippen LogP) is 1.51. The zero-order chi connectivity index (χ0) is 20.0. The fourth-order valence-corrected chi connectivity index (χ4v) is 4.03. The van der Waals surface area contributed by atoms with Crippen molar-refractivity contribution < 1.29 is 9.59 Å². The highest BCUT2D eigenvalue weighted by Crippen LogP contribution is 2.29. The van der Waals surface area contributed by atoms with Crippen molar-refractivity contribution >= 4 is 17.5 Å². The zero-order valence-electron chi connectivity index (χ0n) is 16.5. The molecular formula is C21H29N5O2. The zero-order valence-corrected chi connectivity index (χ0v) is 16.5. The molecule has 0 unspecified atom stereocenters. The fourth-order valence-electron chi connectivity index (χ4n) is 4.03. The molecule has 3 rings (SSSR count). The van der Waals surface area contributed by atoms with Gasteiger partial charge in [-0.15, -0.1) is 0 Å². The van der Waals surface area contributed by atoms with Crippen LogP contribution in [0.3, 0.4) is 0 Å². The Balaban J connectivity index is 1.68. The van der Waals surface area contributed by atoms with Crippen molar-refractivity contribution in [2.45, 2.75) is 37.6 Å². The van der Waals surface area contributed by atoms with Crippen LogP contribution in [0.5, 0.6) is 0 Å². The highest BCUT2D eigenvalue weighted by Gasteiger charge is 2.40. The molecule has 1 saturated carbocycles.